The quantitative estimate of drug-likeness (QED) is 0.922. The predicted octanol–water partition coefficient (Wildman–Crippen LogP) is 2.99. The lowest BCUT2D eigenvalue weighted by molar-refractivity contribution is 0.0434. The van der Waals surface area contributed by atoms with E-state index in [2.05, 4.69) is 56.3 Å². The van der Waals surface area contributed by atoms with Crippen molar-refractivity contribution in [2.75, 3.05) is 0 Å². The van der Waals surface area contributed by atoms with Crippen LogP contribution in [0.3, 0.4) is 0 Å². The van der Waals surface area contributed by atoms with Gasteiger partial charge in [0.2, 0.25) is 0 Å². The fraction of sp³-hybridized carbons (Fsp3) is 0.812. The number of nitrogens with one attached hydrogen (secondary N) is 1. The molecule has 1 fully saturated rings. The van der Waals surface area contributed by atoms with Crippen molar-refractivity contribution < 1.29 is 0 Å². The van der Waals surface area contributed by atoms with Crippen LogP contribution < -0.4 is 5.43 Å². The third-order valence-electron chi connectivity index (χ3n) is 4.26. The Balaban J connectivity index is 2.07. The van der Waals surface area contributed by atoms with Gasteiger partial charge in [0.15, 0.2) is 0 Å². The van der Waals surface area contributed by atoms with Gasteiger partial charge in [0.05, 0.1) is 5.69 Å². The number of aromatic nitrogens is 2. The molecule has 1 aromatic rings. The van der Waals surface area contributed by atoms with Gasteiger partial charge in [-0.1, -0.05) is 27.2 Å². The fourth-order valence-corrected chi connectivity index (χ4v) is 3.21. The molecule has 0 spiro atoms. The second-order valence-corrected chi connectivity index (χ2v) is 7.30. The molecule has 1 aliphatic heterocycles. The molecule has 2 heterocycles. The third-order valence-corrected chi connectivity index (χ3v) is 4.26. The van der Waals surface area contributed by atoms with Crippen molar-refractivity contribution in [3.63, 3.8) is 0 Å². The molecule has 114 valence electrons. The van der Waals surface area contributed by atoms with Crippen LogP contribution in [0.2, 0.25) is 0 Å². The predicted molar refractivity (Wildman–Crippen MR) is 83.4 cm³/mol. The molecular formula is C16H30N4. The Bertz CT molecular complexity index is 434. The van der Waals surface area contributed by atoms with E-state index in [-0.39, 0.29) is 5.41 Å². The Hall–Kier alpha value is -0.870. The minimum absolute atomic E-state index is 0.0946. The first kappa shape index (κ1) is 15.5. The number of hydrogen-bond acceptors (Lipinski definition) is 3. The van der Waals surface area contributed by atoms with Crippen LogP contribution in [0.25, 0.3) is 0 Å². The van der Waals surface area contributed by atoms with E-state index in [0.717, 1.165) is 6.54 Å². The molecule has 2 atom stereocenters. The summed E-state index contributed by atoms with van der Waals surface area (Å²) in [6.45, 7) is 12.2. The van der Waals surface area contributed by atoms with Crippen molar-refractivity contribution in [1.29, 1.82) is 0 Å². The Morgan fingerprint density at radius 1 is 1.25 bits per heavy atom. The maximum absolute atomic E-state index is 4.64. The average Bonchev–Trinajstić information content (AvgIpc) is 2.70. The Morgan fingerprint density at radius 2 is 1.85 bits per heavy atom. The van der Waals surface area contributed by atoms with Gasteiger partial charge in [-0.25, -0.2) is 5.01 Å². The van der Waals surface area contributed by atoms with E-state index < -0.39 is 0 Å². The molecule has 0 aromatic carbocycles. The molecule has 1 aromatic heterocycles. The summed E-state index contributed by atoms with van der Waals surface area (Å²) in [4.78, 5) is 0. The highest BCUT2D eigenvalue weighted by atomic mass is 15.5. The van der Waals surface area contributed by atoms with Gasteiger partial charge in [-0.2, -0.15) is 5.10 Å². The Morgan fingerprint density at radius 3 is 2.40 bits per heavy atom. The van der Waals surface area contributed by atoms with Crippen molar-refractivity contribution >= 4 is 0 Å². The second kappa shape index (κ2) is 5.86. The van der Waals surface area contributed by atoms with Crippen molar-refractivity contribution in [3.8, 4) is 0 Å². The molecule has 0 aliphatic carbocycles. The van der Waals surface area contributed by atoms with Crippen molar-refractivity contribution in [3.05, 3.63) is 17.5 Å². The summed E-state index contributed by atoms with van der Waals surface area (Å²) in [6, 6.07) is 1.24. The lowest BCUT2D eigenvalue weighted by atomic mass is 9.89. The van der Waals surface area contributed by atoms with E-state index in [1.165, 1.54) is 30.5 Å². The number of hydrazine groups is 1. The normalized spacial score (nSPS) is 25.1. The minimum atomic E-state index is 0.0946. The van der Waals surface area contributed by atoms with Gasteiger partial charge in [-0.15, -0.1) is 0 Å². The summed E-state index contributed by atoms with van der Waals surface area (Å²) in [5, 5.41) is 7.08. The van der Waals surface area contributed by atoms with Crippen LogP contribution in [0, 0.1) is 0 Å². The van der Waals surface area contributed by atoms with Crippen molar-refractivity contribution in [2.45, 2.75) is 77.9 Å². The topological polar surface area (TPSA) is 33.1 Å². The Kier molecular flexibility index (Phi) is 4.55. The van der Waals surface area contributed by atoms with Gasteiger partial charge in [-0.05, 0) is 26.7 Å². The molecule has 2 rings (SSSR count). The molecule has 1 aliphatic rings. The second-order valence-electron chi connectivity index (χ2n) is 7.30. The maximum Gasteiger partial charge on any atom is 0.0723 e. The summed E-state index contributed by atoms with van der Waals surface area (Å²) in [5.74, 6) is 0. The van der Waals surface area contributed by atoms with Gasteiger partial charge in [0.25, 0.3) is 0 Å². The number of hydrogen-bond donors (Lipinski definition) is 1. The number of nitrogens with zero attached hydrogens (tertiary/aromatic N) is 3. The van der Waals surface area contributed by atoms with Gasteiger partial charge < -0.3 is 0 Å². The fourth-order valence-electron chi connectivity index (χ4n) is 3.21. The first-order valence-corrected chi connectivity index (χ1v) is 7.84. The van der Waals surface area contributed by atoms with Crippen LogP contribution in [0.15, 0.2) is 6.20 Å². The molecule has 4 nitrogen and oxygen atoms in total. The summed E-state index contributed by atoms with van der Waals surface area (Å²) < 4.78 is 1.93. The molecule has 0 bridgehead atoms. The first-order chi connectivity index (χ1) is 9.29. The van der Waals surface area contributed by atoms with E-state index in [1.807, 2.05) is 11.7 Å². The zero-order valence-corrected chi connectivity index (χ0v) is 13.9. The molecule has 1 N–H and O–H groups in total. The van der Waals surface area contributed by atoms with Crippen molar-refractivity contribution in [1.82, 2.24) is 20.2 Å². The van der Waals surface area contributed by atoms with Gasteiger partial charge in [0, 0.05) is 42.9 Å². The summed E-state index contributed by atoms with van der Waals surface area (Å²) in [5.41, 5.74) is 6.25. The van der Waals surface area contributed by atoms with E-state index in [0.29, 0.717) is 12.1 Å². The third kappa shape index (κ3) is 3.41. The highest BCUT2D eigenvalue weighted by Crippen LogP contribution is 2.25. The smallest absolute Gasteiger partial charge is 0.0723 e. The largest absolute Gasteiger partial charge is 0.275 e. The SMILES string of the molecule is CC1CCCC(C)N1NCc1cn(C)nc1C(C)(C)C. The minimum Gasteiger partial charge on any atom is -0.275 e. The van der Waals surface area contributed by atoms with E-state index in [1.54, 1.807) is 0 Å². The monoisotopic (exact) mass is 278 g/mol. The molecule has 0 radical (unpaired) electrons. The lowest BCUT2D eigenvalue weighted by Crippen LogP contribution is -2.51. The standard InChI is InChI=1S/C16H30N4/c1-12-8-7-9-13(2)20(12)17-10-14-11-19(6)18-15(14)16(3,4)5/h11-13,17H,7-10H2,1-6H3. The molecule has 0 amide bonds. The van der Waals surface area contributed by atoms with Crippen LogP contribution in [-0.2, 0) is 19.0 Å². The Labute approximate surface area is 123 Å². The highest BCUT2D eigenvalue weighted by molar-refractivity contribution is 5.23. The van der Waals surface area contributed by atoms with Crippen molar-refractivity contribution in [2.24, 2.45) is 7.05 Å². The van der Waals surface area contributed by atoms with E-state index in [9.17, 15) is 0 Å². The molecule has 0 saturated carbocycles. The maximum atomic E-state index is 4.64. The van der Waals surface area contributed by atoms with Crippen LogP contribution in [-0.4, -0.2) is 26.9 Å². The lowest BCUT2D eigenvalue weighted by Gasteiger charge is -2.39. The number of rotatable bonds is 3. The van der Waals surface area contributed by atoms with Crippen LogP contribution >= 0.6 is 0 Å². The zero-order valence-electron chi connectivity index (χ0n) is 13.9. The molecule has 4 heteroatoms. The zero-order chi connectivity index (χ0) is 14.9. The van der Waals surface area contributed by atoms with E-state index in [4.69, 9.17) is 0 Å². The van der Waals surface area contributed by atoms with E-state index >= 15 is 0 Å². The summed E-state index contributed by atoms with van der Waals surface area (Å²) in [7, 11) is 2.00. The molecular weight excluding hydrogens is 248 g/mol. The van der Waals surface area contributed by atoms with Crippen LogP contribution in [0.4, 0.5) is 0 Å². The van der Waals surface area contributed by atoms with Gasteiger partial charge >= 0.3 is 0 Å². The highest BCUT2D eigenvalue weighted by Gasteiger charge is 2.26. The molecule has 20 heavy (non-hydrogen) atoms. The number of aryl methyl sites for hydroxylation is 1. The number of piperidine rings is 1. The van der Waals surface area contributed by atoms with Gasteiger partial charge in [-0.3, -0.25) is 10.1 Å². The first-order valence-electron chi connectivity index (χ1n) is 7.84. The van der Waals surface area contributed by atoms with Crippen LogP contribution in [0.1, 0.15) is 65.1 Å². The summed E-state index contributed by atoms with van der Waals surface area (Å²) in [6.07, 6.45) is 6.07. The van der Waals surface area contributed by atoms with Crippen LogP contribution in [0.5, 0.6) is 0 Å². The average molecular weight is 278 g/mol. The molecule has 2 unspecified atom stereocenters. The molecule has 1 saturated heterocycles. The van der Waals surface area contributed by atoms with Gasteiger partial charge in [0.1, 0.15) is 0 Å². The summed E-state index contributed by atoms with van der Waals surface area (Å²) >= 11 is 0.